The minimum absolute atomic E-state index is 0.00203. The number of rotatable bonds is 4. The number of hydrogen-bond donors (Lipinski definition) is 2. The van der Waals surface area contributed by atoms with Gasteiger partial charge in [-0.1, -0.05) is 62.4 Å². The van der Waals surface area contributed by atoms with Crippen LogP contribution in [0.3, 0.4) is 0 Å². The molecule has 2 heterocycles. The minimum Gasteiger partial charge on any atom is -0.445 e. The Morgan fingerprint density at radius 3 is 2.81 bits per heavy atom. The van der Waals surface area contributed by atoms with E-state index in [9.17, 15) is 4.79 Å². The van der Waals surface area contributed by atoms with Crippen molar-refractivity contribution in [3.63, 3.8) is 0 Å². The number of halogens is 1. The van der Waals surface area contributed by atoms with Crippen LogP contribution in [0.25, 0.3) is 0 Å². The molecule has 1 aliphatic heterocycles. The second-order valence-corrected chi connectivity index (χ2v) is 7.10. The van der Waals surface area contributed by atoms with Crippen LogP contribution in [0, 0.1) is 5.92 Å². The first kappa shape index (κ1) is 18.3. The van der Waals surface area contributed by atoms with Crippen LogP contribution in [0.1, 0.15) is 31.1 Å². The molecular formula is C20H22ClN3O2. The lowest BCUT2D eigenvalue weighted by Gasteiger charge is -2.36. The maximum absolute atomic E-state index is 12.3. The smallest absolute Gasteiger partial charge is 0.408 e. The predicted octanol–water partition coefficient (Wildman–Crippen LogP) is 4.71. The summed E-state index contributed by atoms with van der Waals surface area (Å²) < 4.78 is 5.35. The number of fused-ring (bicyclic) bond motifs is 1. The summed E-state index contributed by atoms with van der Waals surface area (Å²) in [6.45, 7) is 8.58. The zero-order chi connectivity index (χ0) is 18.7. The van der Waals surface area contributed by atoms with Crippen LogP contribution in [-0.4, -0.2) is 17.1 Å². The van der Waals surface area contributed by atoms with Gasteiger partial charge in [0, 0.05) is 6.20 Å². The lowest BCUT2D eigenvalue weighted by atomic mass is 9.86. The Morgan fingerprint density at radius 2 is 2.12 bits per heavy atom. The largest absolute Gasteiger partial charge is 0.445 e. The number of pyridine rings is 1. The molecule has 1 aromatic carbocycles. The Morgan fingerprint density at radius 1 is 1.38 bits per heavy atom. The highest BCUT2D eigenvalue weighted by atomic mass is 35.5. The summed E-state index contributed by atoms with van der Waals surface area (Å²) in [7, 11) is 0. The average molecular weight is 372 g/mol. The summed E-state index contributed by atoms with van der Waals surface area (Å²) in [5, 5.41) is 6.84. The van der Waals surface area contributed by atoms with E-state index < -0.39 is 12.1 Å². The van der Waals surface area contributed by atoms with Crippen molar-refractivity contribution in [2.24, 2.45) is 5.92 Å². The highest BCUT2D eigenvalue weighted by Gasteiger charge is 2.34. The highest BCUT2D eigenvalue weighted by Crippen LogP contribution is 2.37. The number of anilines is 1. The van der Waals surface area contributed by atoms with Crippen LogP contribution >= 0.6 is 11.6 Å². The molecule has 2 unspecified atom stereocenters. The van der Waals surface area contributed by atoms with Crippen molar-refractivity contribution in [1.82, 2.24) is 10.3 Å². The monoisotopic (exact) mass is 371 g/mol. The molecule has 2 aromatic rings. The van der Waals surface area contributed by atoms with E-state index in [2.05, 4.69) is 36.0 Å². The number of aromatic nitrogens is 1. The molecule has 0 saturated carbocycles. The summed E-state index contributed by atoms with van der Waals surface area (Å²) >= 11 is 6.07. The quantitative estimate of drug-likeness (QED) is 0.764. The van der Waals surface area contributed by atoms with E-state index in [4.69, 9.17) is 16.3 Å². The van der Waals surface area contributed by atoms with Gasteiger partial charge in [0.1, 0.15) is 6.61 Å². The van der Waals surface area contributed by atoms with Gasteiger partial charge < -0.3 is 15.4 Å². The number of nitrogens with zero attached hydrogens (tertiary/aromatic N) is 1. The molecular weight excluding hydrogens is 350 g/mol. The molecule has 1 amide bonds. The molecule has 1 aromatic heterocycles. The molecule has 3 rings (SSSR count). The van der Waals surface area contributed by atoms with Crippen molar-refractivity contribution in [1.29, 1.82) is 0 Å². The van der Waals surface area contributed by atoms with Gasteiger partial charge in [0.25, 0.3) is 0 Å². The molecule has 136 valence electrons. The second-order valence-electron chi connectivity index (χ2n) is 6.67. The van der Waals surface area contributed by atoms with Gasteiger partial charge in [-0.2, -0.15) is 0 Å². The van der Waals surface area contributed by atoms with E-state index in [0.717, 1.165) is 16.8 Å². The van der Waals surface area contributed by atoms with Gasteiger partial charge in [-0.3, -0.25) is 4.98 Å². The minimum atomic E-state index is -0.507. The van der Waals surface area contributed by atoms with Crippen LogP contribution in [-0.2, 0) is 11.3 Å². The van der Waals surface area contributed by atoms with Crippen LogP contribution in [0.5, 0.6) is 0 Å². The van der Waals surface area contributed by atoms with Gasteiger partial charge in [0.15, 0.2) is 0 Å². The van der Waals surface area contributed by atoms with E-state index in [-0.39, 0.29) is 12.6 Å². The fraction of sp³-hybridized carbons (Fsp3) is 0.300. The zero-order valence-electron chi connectivity index (χ0n) is 14.8. The first-order valence-corrected chi connectivity index (χ1v) is 8.91. The molecule has 6 heteroatoms. The lowest BCUT2D eigenvalue weighted by molar-refractivity contribution is 0.136. The molecule has 0 spiro atoms. The first-order valence-electron chi connectivity index (χ1n) is 8.53. The molecule has 0 saturated heterocycles. The number of carbonyl (C=O) groups is 1. The number of nitrogens with one attached hydrogen (secondary N) is 2. The second kappa shape index (κ2) is 7.79. The fourth-order valence-corrected chi connectivity index (χ4v) is 3.21. The van der Waals surface area contributed by atoms with Gasteiger partial charge in [-0.25, -0.2) is 4.79 Å². The van der Waals surface area contributed by atoms with Crippen molar-refractivity contribution in [3.05, 3.63) is 71.0 Å². The van der Waals surface area contributed by atoms with Gasteiger partial charge in [-0.15, -0.1) is 0 Å². The summed E-state index contributed by atoms with van der Waals surface area (Å²) in [6.07, 6.45) is 1.06. The molecule has 1 aliphatic rings. The van der Waals surface area contributed by atoms with Gasteiger partial charge in [0.2, 0.25) is 0 Å². The predicted molar refractivity (Wildman–Crippen MR) is 103 cm³/mol. The number of benzene rings is 1. The van der Waals surface area contributed by atoms with Crippen molar-refractivity contribution in [2.75, 3.05) is 5.32 Å². The lowest BCUT2D eigenvalue weighted by Crippen LogP contribution is -2.42. The highest BCUT2D eigenvalue weighted by molar-refractivity contribution is 6.30. The Balaban J connectivity index is 1.76. The molecule has 0 radical (unpaired) electrons. The zero-order valence-corrected chi connectivity index (χ0v) is 15.6. The topological polar surface area (TPSA) is 63.2 Å². The third-order valence-electron chi connectivity index (χ3n) is 4.38. The van der Waals surface area contributed by atoms with E-state index in [1.807, 2.05) is 36.4 Å². The Labute approximate surface area is 158 Å². The van der Waals surface area contributed by atoms with E-state index in [1.165, 1.54) is 0 Å². The maximum atomic E-state index is 12.3. The number of amides is 1. The van der Waals surface area contributed by atoms with Crippen LogP contribution in [0.15, 0.2) is 54.7 Å². The summed E-state index contributed by atoms with van der Waals surface area (Å²) in [6, 6.07) is 10.9. The molecule has 26 heavy (non-hydrogen) atoms. The van der Waals surface area contributed by atoms with Crippen molar-refractivity contribution < 1.29 is 9.53 Å². The standard InChI is InChI=1S/C20H22ClN3O2/c1-12(2)17-13(3)18(19-16(23-17)9-15(21)10-22-19)24-20(25)26-11-14-7-5-4-6-8-14/h4-10,12,17-18,23H,3,11H2,1-2H3,(H,24,25). The number of alkyl carbamates (subject to hydrolysis) is 1. The SMILES string of the molecule is C=C1C(NC(=O)OCc2ccccc2)c2ncc(Cl)cc2NC1C(C)C. The fourth-order valence-electron chi connectivity index (χ4n) is 3.05. The summed E-state index contributed by atoms with van der Waals surface area (Å²) in [4.78, 5) is 16.7. The van der Waals surface area contributed by atoms with Gasteiger partial charge in [-0.05, 0) is 23.1 Å². The van der Waals surface area contributed by atoms with E-state index >= 15 is 0 Å². The average Bonchev–Trinajstić information content (AvgIpc) is 2.62. The van der Waals surface area contributed by atoms with Crippen molar-refractivity contribution >= 4 is 23.4 Å². The third-order valence-corrected chi connectivity index (χ3v) is 4.59. The molecule has 0 aliphatic carbocycles. The number of hydrogen-bond acceptors (Lipinski definition) is 4. The van der Waals surface area contributed by atoms with E-state index in [1.54, 1.807) is 6.20 Å². The molecule has 0 bridgehead atoms. The molecule has 2 N–H and O–H groups in total. The normalized spacial score (nSPS) is 18.8. The molecule has 0 fully saturated rings. The Hall–Kier alpha value is -2.53. The van der Waals surface area contributed by atoms with Crippen molar-refractivity contribution in [3.8, 4) is 0 Å². The third kappa shape index (κ3) is 3.99. The molecule has 2 atom stereocenters. The number of ether oxygens (including phenoxy) is 1. The van der Waals surface area contributed by atoms with E-state index in [0.29, 0.717) is 16.6 Å². The Bertz CT molecular complexity index is 808. The molecule has 5 nitrogen and oxygen atoms in total. The van der Waals surface area contributed by atoms with Gasteiger partial charge >= 0.3 is 6.09 Å². The summed E-state index contributed by atoms with van der Waals surface area (Å²) in [5.41, 5.74) is 3.26. The van der Waals surface area contributed by atoms with Gasteiger partial charge in [0.05, 0.1) is 28.5 Å². The van der Waals surface area contributed by atoms with Crippen LogP contribution in [0.4, 0.5) is 10.5 Å². The first-order chi connectivity index (χ1) is 12.5. The van der Waals surface area contributed by atoms with Crippen molar-refractivity contribution in [2.45, 2.75) is 32.5 Å². The Kier molecular flexibility index (Phi) is 5.47. The number of carbonyl (C=O) groups excluding carboxylic acids is 1. The maximum Gasteiger partial charge on any atom is 0.408 e. The van der Waals surface area contributed by atoms with Crippen LogP contribution < -0.4 is 10.6 Å². The summed E-state index contributed by atoms with van der Waals surface area (Å²) in [5.74, 6) is 0.291. The van der Waals surface area contributed by atoms with Crippen LogP contribution in [0.2, 0.25) is 5.02 Å².